The zero-order valence-electron chi connectivity index (χ0n) is 19.2. The maximum absolute atomic E-state index is 12.5. The van der Waals surface area contributed by atoms with E-state index in [-0.39, 0.29) is 12.7 Å². The summed E-state index contributed by atoms with van der Waals surface area (Å²) in [6.45, 7) is 3.79. The number of nitrogens with zero attached hydrogens (tertiary/aromatic N) is 5. The number of hydrogen-bond acceptors (Lipinski definition) is 7. The summed E-state index contributed by atoms with van der Waals surface area (Å²) in [5.74, 6) is 0.730. The Morgan fingerprint density at radius 3 is 2.79 bits per heavy atom. The Kier molecular flexibility index (Phi) is 7.19. The second kappa shape index (κ2) is 10.4. The van der Waals surface area contributed by atoms with Crippen molar-refractivity contribution in [3.8, 4) is 17.1 Å². The first-order chi connectivity index (χ1) is 16.0. The first kappa shape index (κ1) is 22.7. The van der Waals surface area contributed by atoms with Crippen molar-refractivity contribution in [3.05, 3.63) is 59.4 Å². The van der Waals surface area contributed by atoms with Crippen LogP contribution in [-0.2, 0) is 29.7 Å². The highest BCUT2D eigenvalue weighted by molar-refractivity contribution is 5.67. The van der Waals surface area contributed by atoms with E-state index in [1.54, 1.807) is 18.8 Å². The molecule has 0 aliphatic carbocycles. The number of rotatable bonds is 7. The van der Waals surface area contributed by atoms with Gasteiger partial charge >= 0.3 is 6.09 Å². The van der Waals surface area contributed by atoms with Gasteiger partial charge in [-0.1, -0.05) is 35.5 Å². The van der Waals surface area contributed by atoms with Crippen LogP contribution in [-0.4, -0.2) is 57.3 Å². The molecule has 1 fully saturated rings. The Labute approximate surface area is 193 Å². The smallest absolute Gasteiger partial charge is 0.410 e. The monoisotopic (exact) mass is 451 g/mol. The molecule has 1 aliphatic heterocycles. The second-order valence-corrected chi connectivity index (χ2v) is 8.14. The first-order valence-electron chi connectivity index (χ1n) is 11.0. The van der Waals surface area contributed by atoms with E-state index in [0.29, 0.717) is 30.2 Å². The third kappa shape index (κ3) is 5.67. The summed E-state index contributed by atoms with van der Waals surface area (Å²) in [5, 5.41) is 8.35. The van der Waals surface area contributed by atoms with Gasteiger partial charge < -0.3 is 19.1 Å². The highest BCUT2D eigenvalue weighted by atomic mass is 16.6. The molecule has 1 unspecified atom stereocenters. The minimum absolute atomic E-state index is 0.0369. The van der Waals surface area contributed by atoms with Crippen LogP contribution in [0.3, 0.4) is 0 Å². The lowest BCUT2D eigenvalue weighted by Crippen LogP contribution is -2.28. The van der Waals surface area contributed by atoms with Crippen molar-refractivity contribution < 1.29 is 19.0 Å². The summed E-state index contributed by atoms with van der Waals surface area (Å²) in [5.41, 5.74) is 3.68. The first-order valence-corrected chi connectivity index (χ1v) is 11.0. The largest absolute Gasteiger partial charge is 0.486 e. The highest BCUT2D eigenvalue weighted by Gasteiger charge is 2.20. The maximum atomic E-state index is 12.5. The van der Waals surface area contributed by atoms with Crippen LogP contribution in [0.15, 0.2) is 42.5 Å². The number of ether oxygens (including phenoxy) is 3. The topological polar surface area (TPSA) is 91.6 Å². The van der Waals surface area contributed by atoms with E-state index < -0.39 is 6.09 Å². The molecule has 3 aromatic rings. The van der Waals surface area contributed by atoms with E-state index >= 15 is 0 Å². The second-order valence-electron chi connectivity index (χ2n) is 8.14. The summed E-state index contributed by atoms with van der Waals surface area (Å²) in [7, 11) is 3.47. The van der Waals surface area contributed by atoms with Gasteiger partial charge in [-0.05, 0) is 37.5 Å². The van der Waals surface area contributed by atoms with Crippen LogP contribution in [0.1, 0.15) is 29.8 Å². The minimum atomic E-state index is -0.423. The number of amides is 1. The lowest BCUT2D eigenvalue weighted by atomic mass is 10.1. The van der Waals surface area contributed by atoms with Gasteiger partial charge in [0.2, 0.25) is 0 Å². The van der Waals surface area contributed by atoms with Gasteiger partial charge in [0.15, 0.2) is 0 Å². The Balaban J connectivity index is 1.42. The average molecular weight is 452 g/mol. The zero-order chi connectivity index (χ0) is 23.2. The SMILES string of the molecule is Cc1nc(-c2nnn(C)c2COC(=O)N(C)Cc2ccccc2)ccc1OC1CCCOC1. The predicted octanol–water partition coefficient (Wildman–Crippen LogP) is 3.51. The minimum Gasteiger partial charge on any atom is -0.486 e. The zero-order valence-corrected chi connectivity index (χ0v) is 19.2. The van der Waals surface area contributed by atoms with E-state index in [2.05, 4.69) is 15.3 Å². The molecule has 0 saturated carbocycles. The molecule has 9 nitrogen and oxygen atoms in total. The van der Waals surface area contributed by atoms with Crippen LogP contribution < -0.4 is 4.74 Å². The normalized spacial score (nSPS) is 15.8. The molecule has 0 spiro atoms. The van der Waals surface area contributed by atoms with Crippen LogP contribution in [0, 0.1) is 6.92 Å². The molecule has 1 amide bonds. The quantitative estimate of drug-likeness (QED) is 0.543. The van der Waals surface area contributed by atoms with Gasteiger partial charge in [-0.15, -0.1) is 5.10 Å². The Morgan fingerprint density at radius 2 is 2.06 bits per heavy atom. The summed E-state index contributed by atoms with van der Waals surface area (Å²) in [4.78, 5) is 18.7. The molecule has 174 valence electrons. The van der Waals surface area contributed by atoms with Gasteiger partial charge in [0.05, 0.1) is 18.0 Å². The molecule has 0 N–H and O–H groups in total. The molecule has 9 heteroatoms. The van der Waals surface area contributed by atoms with Crippen molar-refractivity contribution in [2.75, 3.05) is 20.3 Å². The maximum Gasteiger partial charge on any atom is 0.410 e. The molecule has 1 atom stereocenters. The van der Waals surface area contributed by atoms with Crippen LogP contribution in [0.2, 0.25) is 0 Å². The molecule has 1 saturated heterocycles. The van der Waals surface area contributed by atoms with Crippen LogP contribution in [0.25, 0.3) is 11.4 Å². The summed E-state index contributed by atoms with van der Waals surface area (Å²) in [6.07, 6.45) is 1.59. The molecule has 0 bridgehead atoms. The number of carbonyl (C=O) groups is 1. The van der Waals surface area contributed by atoms with Crippen LogP contribution in [0.5, 0.6) is 5.75 Å². The van der Waals surface area contributed by atoms with Crippen molar-refractivity contribution in [3.63, 3.8) is 0 Å². The van der Waals surface area contributed by atoms with Gasteiger partial charge in [-0.2, -0.15) is 0 Å². The summed E-state index contributed by atoms with van der Waals surface area (Å²) < 4.78 is 18.7. The van der Waals surface area contributed by atoms with Crippen molar-refractivity contribution in [1.29, 1.82) is 0 Å². The average Bonchev–Trinajstić information content (AvgIpc) is 3.20. The fourth-order valence-corrected chi connectivity index (χ4v) is 3.69. The number of aryl methyl sites for hydroxylation is 2. The van der Waals surface area contributed by atoms with Crippen molar-refractivity contribution in [2.24, 2.45) is 7.05 Å². The Hall–Kier alpha value is -3.46. The third-order valence-corrected chi connectivity index (χ3v) is 5.54. The number of hydrogen-bond donors (Lipinski definition) is 0. The van der Waals surface area contributed by atoms with Crippen molar-refractivity contribution in [2.45, 2.75) is 39.0 Å². The number of carbonyl (C=O) groups excluding carboxylic acids is 1. The number of pyridine rings is 1. The van der Waals surface area contributed by atoms with E-state index in [9.17, 15) is 4.79 Å². The molecule has 4 rings (SSSR count). The van der Waals surface area contributed by atoms with Gasteiger partial charge in [0.1, 0.15) is 29.8 Å². The molecule has 0 radical (unpaired) electrons. The molecular formula is C24H29N5O4. The molecule has 2 aromatic heterocycles. The van der Waals surface area contributed by atoms with Gasteiger partial charge in [0, 0.05) is 27.2 Å². The third-order valence-electron chi connectivity index (χ3n) is 5.54. The lowest BCUT2D eigenvalue weighted by molar-refractivity contribution is 0.00699. The summed E-state index contributed by atoms with van der Waals surface area (Å²) >= 11 is 0. The highest BCUT2D eigenvalue weighted by Crippen LogP contribution is 2.26. The molecule has 33 heavy (non-hydrogen) atoms. The van der Waals surface area contributed by atoms with E-state index in [1.807, 2.05) is 49.4 Å². The lowest BCUT2D eigenvalue weighted by Gasteiger charge is -2.24. The standard InChI is InChI=1S/C24H29N5O4/c1-17-22(33-19-10-7-13-31-15-19)12-11-20(25-17)23-21(29(3)27-26-23)16-32-24(30)28(2)14-18-8-5-4-6-9-18/h4-6,8-9,11-12,19H,7,10,13-16H2,1-3H3. The molecule has 1 aromatic carbocycles. The molecule has 3 heterocycles. The predicted molar refractivity (Wildman–Crippen MR) is 122 cm³/mol. The van der Waals surface area contributed by atoms with Gasteiger partial charge in [-0.25, -0.2) is 14.5 Å². The van der Waals surface area contributed by atoms with Gasteiger partial charge in [-0.3, -0.25) is 0 Å². The Morgan fingerprint density at radius 1 is 1.24 bits per heavy atom. The molecule has 1 aliphatic rings. The number of aromatic nitrogens is 4. The van der Waals surface area contributed by atoms with Gasteiger partial charge in [0.25, 0.3) is 0 Å². The molecular weight excluding hydrogens is 422 g/mol. The Bertz CT molecular complexity index is 1080. The fourth-order valence-electron chi connectivity index (χ4n) is 3.69. The van der Waals surface area contributed by atoms with E-state index in [1.165, 1.54) is 4.90 Å². The van der Waals surface area contributed by atoms with Crippen LogP contribution >= 0.6 is 0 Å². The fraction of sp³-hybridized carbons (Fsp3) is 0.417. The van der Waals surface area contributed by atoms with E-state index in [0.717, 1.165) is 36.5 Å². The van der Waals surface area contributed by atoms with Crippen molar-refractivity contribution >= 4 is 6.09 Å². The van der Waals surface area contributed by atoms with Crippen molar-refractivity contribution in [1.82, 2.24) is 24.9 Å². The number of benzene rings is 1. The van der Waals surface area contributed by atoms with E-state index in [4.69, 9.17) is 14.2 Å². The summed E-state index contributed by atoms with van der Waals surface area (Å²) in [6, 6.07) is 13.5. The van der Waals surface area contributed by atoms with Crippen LogP contribution in [0.4, 0.5) is 4.79 Å².